The third-order valence-electron chi connectivity index (χ3n) is 6.23. The van der Waals surface area contributed by atoms with Crippen LogP contribution in [0.3, 0.4) is 0 Å². The summed E-state index contributed by atoms with van der Waals surface area (Å²) in [7, 11) is 0. The molecule has 19 heavy (non-hydrogen) atoms. The topological polar surface area (TPSA) is 15.3 Å². The van der Waals surface area contributed by atoms with Gasteiger partial charge in [0.15, 0.2) is 0 Å². The highest BCUT2D eigenvalue weighted by atomic mass is 15.3. The summed E-state index contributed by atoms with van der Waals surface area (Å²) in [4.78, 5) is 2.92. The average Bonchev–Trinajstić information content (AvgIpc) is 2.37. The van der Waals surface area contributed by atoms with Crippen LogP contribution in [0.2, 0.25) is 0 Å². The SMILES string of the molecule is CCC1(CC)CN(C2(CC)CCC2)C(C(C)C)CN1. The molecule has 2 rings (SSSR count). The van der Waals surface area contributed by atoms with Gasteiger partial charge in [-0.3, -0.25) is 4.90 Å². The molecule has 1 aliphatic carbocycles. The highest BCUT2D eigenvalue weighted by Gasteiger charge is 2.49. The Morgan fingerprint density at radius 3 is 2.11 bits per heavy atom. The average molecular weight is 266 g/mol. The molecule has 0 amide bonds. The van der Waals surface area contributed by atoms with Crippen molar-refractivity contribution in [1.29, 1.82) is 0 Å². The van der Waals surface area contributed by atoms with Crippen LogP contribution in [0.5, 0.6) is 0 Å². The fourth-order valence-corrected chi connectivity index (χ4v) is 4.20. The predicted molar refractivity (Wildman–Crippen MR) is 83.5 cm³/mol. The molecule has 2 heteroatoms. The van der Waals surface area contributed by atoms with E-state index < -0.39 is 0 Å². The summed E-state index contributed by atoms with van der Waals surface area (Å²) in [5.74, 6) is 0.753. The summed E-state index contributed by atoms with van der Waals surface area (Å²) in [6.45, 7) is 14.3. The second-order valence-corrected chi connectivity index (χ2v) is 7.24. The number of nitrogens with one attached hydrogen (secondary N) is 1. The van der Waals surface area contributed by atoms with E-state index in [0.717, 1.165) is 12.0 Å². The van der Waals surface area contributed by atoms with Gasteiger partial charge in [0.2, 0.25) is 0 Å². The van der Waals surface area contributed by atoms with Gasteiger partial charge in [-0.2, -0.15) is 0 Å². The highest BCUT2D eigenvalue weighted by molar-refractivity contribution is 5.07. The fourth-order valence-electron chi connectivity index (χ4n) is 4.20. The standard InChI is InChI=1S/C17H34N2/c1-6-16(7-2)13-19(15(12-18-16)14(4)5)17(8-3)10-9-11-17/h14-15,18H,6-13H2,1-5H3. The minimum atomic E-state index is 0.364. The molecule has 0 bridgehead atoms. The number of rotatable bonds is 5. The van der Waals surface area contributed by atoms with Crippen LogP contribution >= 0.6 is 0 Å². The van der Waals surface area contributed by atoms with Crippen molar-refractivity contribution in [2.24, 2.45) is 5.92 Å². The Morgan fingerprint density at radius 1 is 1.11 bits per heavy atom. The van der Waals surface area contributed by atoms with Gasteiger partial charge in [0, 0.05) is 30.2 Å². The normalized spacial score (nSPS) is 30.3. The van der Waals surface area contributed by atoms with Crippen LogP contribution in [0.15, 0.2) is 0 Å². The maximum atomic E-state index is 3.90. The van der Waals surface area contributed by atoms with Crippen molar-refractivity contribution in [3.05, 3.63) is 0 Å². The number of nitrogens with zero attached hydrogens (tertiary/aromatic N) is 1. The van der Waals surface area contributed by atoms with E-state index in [2.05, 4.69) is 44.8 Å². The predicted octanol–water partition coefficient (Wildman–Crippen LogP) is 3.81. The summed E-state index contributed by atoms with van der Waals surface area (Å²) < 4.78 is 0. The lowest BCUT2D eigenvalue weighted by Crippen LogP contribution is -2.71. The van der Waals surface area contributed by atoms with Crippen molar-refractivity contribution in [3.8, 4) is 0 Å². The van der Waals surface area contributed by atoms with Crippen LogP contribution < -0.4 is 5.32 Å². The minimum absolute atomic E-state index is 0.364. The van der Waals surface area contributed by atoms with Crippen LogP contribution in [0, 0.1) is 5.92 Å². The molecule has 1 saturated carbocycles. The molecule has 0 aromatic rings. The molecule has 2 aliphatic rings. The molecule has 0 aromatic heterocycles. The lowest BCUT2D eigenvalue weighted by Gasteiger charge is -2.60. The summed E-state index contributed by atoms with van der Waals surface area (Å²) in [5.41, 5.74) is 0.899. The molecular weight excluding hydrogens is 232 g/mol. The van der Waals surface area contributed by atoms with Gasteiger partial charge in [-0.05, 0) is 44.4 Å². The first-order valence-corrected chi connectivity index (χ1v) is 8.54. The molecule has 2 nitrogen and oxygen atoms in total. The van der Waals surface area contributed by atoms with E-state index in [-0.39, 0.29) is 0 Å². The van der Waals surface area contributed by atoms with Gasteiger partial charge in [-0.25, -0.2) is 0 Å². The quantitative estimate of drug-likeness (QED) is 0.814. The van der Waals surface area contributed by atoms with Crippen molar-refractivity contribution in [3.63, 3.8) is 0 Å². The Labute approximate surface area is 120 Å². The van der Waals surface area contributed by atoms with Crippen molar-refractivity contribution >= 4 is 0 Å². The number of hydrogen-bond acceptors (Lipinski definition) is 2. The Kier molecular flexibility index (Phi) is 4.62. The second-order valence-electron chi connectivity index (χ2n) is 7.24. The zero-order valence-electron chi connectivity index (χ0n) is 13.8. The highest BCUT2D eigenvalue weighted by Crippen LogP contribution is 2.44. The maximum Gasteiger partial charge on any atom is 0.0304 e. The molecule has 0 radical (unpaired) electrons. The zero-order valence-corrected chi connectivity index (χ0v) is 13.8. The molecule has 0 aromatic carbocycles. The van der Waals surface area contributed by atoms with E-state index in [1.165, 1.54) is 51.6 Å². The lowest BCUT2D eigenvalue weighted by molar-refractivity contribution is -0.0761. The van der Waals surface area contributed by atoms with Gasteiger partial charge in [-0.15, -0.1) is 0 Å². The van der Waals surface area contributed by atoms with Crippen molar-refractivity contribution in [2.75, 3.05) is 13.1 Å². The molecule has 1 unspecified atom stereocenters. The van der Waals surface area contributed by atoms with E-state index in [4.69, 9.17) is 0 Å². The van der Waals surface area contributed by atoms with Crippen molar-refractivity contribution < 1.29 is 0 Å². The van der Waals surface area contributed by atoms with Crippen LogP contribution in [0.4, 0.5) is 0 Å². The Morgan fingerprint density at radius 2 is 1.74 bits per heavy atom. The summed E-state index contributed by atoms with van der Waals surface area (Å²) >= 11 is 0. The van der Waals surface area contributed by atoms with Crippen LogP contribution in [-0.4, -0.2) is 35.1 Å². The first-order chi connectivity index (χ1) is 9.02. The van der Waals surface area contributed by atoms with E-state index in [1.54, 1.807) is 0 Å². The third kappa shape index (κ3) is 2.58. The Balaban J connectivity index is 2.22. The van der Waals surface area contributed by atoms with E-state index in [0.29, 0.717) is 11.1 Å². The molecule has 1 aliphatic heterocycles. The van der Waals surface area contributed by atoms with Crippen LogP contribution in [0.25, 0.3) is 0 Å². The first-order valence-electron chi connectivity index (χ1n) is 8.54. The van der Waals surface area contributed by atoms with E-state index >= 15 is 0 Å². The molecule has 1 heterocycles. The molecular formula is C17H34N2. The van der Waals surface area contributed by atoms with Gasteiger partial charge in [-0.1, -0.05) is 34.6 Å². The zero-order chi connectivity index (χ0) is 14.1. The second kappa shape index (κ2) is 5.73. The summed E-state index contributed by atoms with van der Waals surface area (Å²) in [6.07, 6.45) is 8.13. The largest absolute Gasteiger partial charge is 0.308 e. The van der Waals surface area contributed by atoms with Gasteiger partial charge < -0.3 is 5.32 Å². The Hall–Kier alpha value is -0.0800. The summed E-state index contributed by atoms with van der Waals surface area (Å²) in [6, 6.07) is 0.728. The van der Waals surface area contributed by atoms with Gasteiger partial charge in [0.25, 0.3) is 0 Å². The van der Waals surface area contributed by atoms with Crippen LogP contribution in [0.1, 0.15) is 73.1 Å². The monoisotopic (exact) mass is 266 g/mol. The first kappa shape index (κ1) is 15.3. The number of hydrogen-bond donors (Lipinski definition) is 1. The van der Waals surface area contributed by atoms with E-state index in [9.17, 15) is 0 Å². The lowest BCUT2D eigenvalue weighted by atomic mass is 9.70. The summed E-state index contributed by atoms with van der Waals surface area (Å²) in [5, 5.41) is 3.90. The molecule has 0 spiro atoms. The van der Waals surface area contributed by atoms with Crippen molar-refractivity contribution in [1.82, 2.24) is 10.2 Å². The Bertz CT molecular complexity index is 284. The van der Waals surface area contributed by atoms with Gasteiger partial charge in [0.1, 0.15) is 0 Å². The fraction of sp³-hybridized carbons (Fsp3) is 1.00. The maximum absolute atomic E-state index is 3.90. The molecule has 1 saturated heterocycles. The molecule has 2 fully saturated rings. The van der Waals surface area contributed by atoms with Crippen molar-refractivity contribution in [2.45, 2.75) is 90.3 Å². The molecule has 1 N–H and O–H groups in total. The van der Waals surface area contributed by atoms with Gasteiger partial charge in [0.05, 0.1) is 0 Å². The molecule has 1 atom stereocenters. The smallest absolute Gasteiger partial charge is 0.0304 e. The van der Waals surface area contributed by atoms with Gasteiger partial charge >= 0.3 is 0 Å². The third-order valence-corrected chi connectivity index (χ3v) is 6.23. The minimum Gasteiger partial charge on any atom is -0.308 e. The molecule has 112 valence electrons. The van der Waals surface area contributed by atoms with E-state index in [1.807, 2.05) is 0 Å². The van der Waals surface area contributed by atoms with Crippen LogP contribution in [-0.2, 0) is 0 Å². The number of piperazine rings is 1.